The lowest BCUT2D eigenvalue weighted by atomic mass is 10.2. The minimum atomic E-state index is -3.48. The van der Waals surface area contributed by atoms with Crippen LogP contribution >= 0.6 is 0 Å². The summed E-state index contributed by atoms with van der Waals surface area (Å²) in [4.78, 5) is 17.0. The second-order valence-corrected chi connectivity index (χ2v) is 9.20. The molecule has 0 unspecified atom stereocenters. The van der Waals surface area contributed by atoms with Gasteiger partial charge in [0.15, 0.2) is 5.82 Å². The number of hydrogen-bond acceptors (Lipinski definition) is 7. The van der Waals surface area contributed by atoms with E-state index in [2.05, 4.69) is 26.4 Å². The molecule has 0 saturated heterocycles. The number of rotatable bonds is 8. The number of nitrogens with two attached hydrogens (primary N) is 1. The molecule has 0 atom stereocenters. The van der Waals surface area contributed by atoms with E-state index in [9.17, 15) is 8.42 Å². The molecule has 0 aliphatic rings. The predicted octanol–water partition coefficient (Wildman–Crippen LogP) is 3.16. The number of para-hydroxylation sites is 1. The molecular formula is C21H24N6O2S. The molecule has 0 fully saturated rings. The SMILES string of the molecule is CCCc1nc2c(N)nc3ccccc3c2n1CCCCS(=O)(=O)c1ncccn1. The number of hydrogen-bond donors (Lipinski definition) is 1. The van der Waals surface area contributed by atoms with Gasteiger partial charge in [0.05, 0.1) is 16.8 Å². The van der Waals surface area contributed by atoms with Crippen LogP contribution in [0.2, 0.25) is 0 Å². The second-order valence-electron chi connectivity index (χ2n) is 7.20. The number of fused-ring (bicyclic) bond motifs is 3. The normalized spacial score (nSPS) is 12.0. The van der Waals surface area contributed by atoms with Gasteiger partial charge in [0.1, 0.15) is 11.3 Å². The number of pyridine rings is 1. The Kier molecular flexibility index (Phi) is 5.63. The van der Waals surface area contributed by atoms with Crippen molar-refractivity contribution < 1.29 is 8.42 Å². The van der Waals surface area contributed by atoms with Crippen LogP contribution in [0.5, 0.6) is 0 Å². The summed E-state index contributed by atoms with van der Waals surface area (Å²) in [6, 6.07) is 9.47. The molecule has 156 valence electrons. The van der Waals surface area contributed by atoms with Crippen LogP contribution in [0.1, 0.15) is 32.0 Å². The number of aromatic nitrogens is 5. The predicted molar refractivity (Wildman–Crippen MR) is 117 cm³/mol. The van der Waals surface area contributed by atoms with Crippen LogP contribution in [0.25, 0.3) is 21.9 Å². The second kappa shape index (κ2) is 8.35. The fraction of sp³-hybridized carbons (Fsp3) is 0.333. The molecule has 0 amide bonds. The Bertz CT molecular complexity index is 1290. The Hall–Kier alpha value is -3.07. The van der Waals surface area contributed by atoms with Gasteiger partial charge in [-0.1, -0.05) is 25.1 Å². The molecule has 4 aromatic rings. The monoisotopic (exact) mass is 424 g/mol. The van der Waals surface area contributed by atoms with E-state index in [1.54, 1.807) is 6.07 Å². The summed E-state index contributed by atoms with van der Waals surface area (Å²) >= 11 is 0. The van der Waals surface area contributed by atoms with E-state index in [0.717, 1.165) is 35.1 Å². The first-order valence-corrected chi connectivity index (χ1v) is 11.7. The fourth-order valence-electron chi connectivity index (χ4n) is 3.66. The highest BCUT2D eigenvalue weighted by molar-refractivity contribution is 7.91. The molecule has 0 bridgehead atoms. The molecule has 0 spiro atoms. The highest BCUT2D eigenvalue weighted by Crippen LogP contribution is 2.29. The van der Waals surface area contributed by atoms with Gasteiger partial charge in [-0.15, -0.1) is 0 Å². The number of nitrogens with zero attached hydrogens (tertiary/aromatic N) is 5. The first-order valence-electron chi connectivity index (χ1n) is 10.0. The van der Waals surface area contributed by atoms with Crippen LogP contribution in [-0.2, 0) is 22.8 Å². The molecule has 30 heavy (non-hydrogen) atoms. The van der Waals surface area contributed by atoms with E-state index in [4.69, 9.17) is 10.7 Å². The zero-order chi connectivity index (χ0) is 21.1. The molecule has 3 aromatic heterocycles. The van der Waals surface area contributed by atoms with Crippen LogP contribution in [0.15, 0.2) is 47.9 Å². The molecule has 0 radical (unpaired) electrons. The number of nitrogen functional groups attached to an aromatic ring is 1. The van der Waals surface area contributed by atoms with Crippen molar-refractivity contribution in [2.75, 3.05) is 11.5 Å². The van der Waals surface area contributed by atoms with Crippen LogP contribution < -0.4 is 5.73 Å². The summed E-state index contributed by atoms with van der Waals surface area (Å²) < 4.78 is 27.0. The number of benzene rings is 1. The molecule has 0 aliphatic heterocycles. The van der Waals surface area contributed by atoms with Gasteiger partial charge in [-0.3, -0.25) is 0 Å². The van der Waals surface area contributed by atoms with Crippen molar-refractivity contribution in [3.63, 3.8) is 0 Å². The minimum Gasteiger partial charge on any atom is -0.382 e. The molecule has 3 heterocycles. The van der Waals surface area contributed by atoms with Gasteiger partial charge in [-0.05, 0) is 31.4 Å². The summed E-state index contributed by atoms with van der Waals surface area (Å²) in [6.45, 7) is 2.76. The Morgan fingerprint density at radius 3 is 2.57 bits per heavy atom. The summed E-state index contributed by atoms with van der Waals surface area (Å²) in [5.74, 6) is 1.38. The number of unbranched alkanes of at least 4 members (excludes halogenated alkanes) is 1. The maximum atomic E-state index is 12.4. The third kappa shape index (κ3) is 3.85. The van der Waals surface area contributed by atoms with Crippen molar-refractivity contribution in [2.24, 2.45) is 0 Å². The van der Waals surface area contributed by atoms with Gasteiger partial charge >= 0.3 is 0 Å². The highest BCUT2D eigenvalue weighted by Gasteiger charge is 2.19. The Morgan fingerprint density at radius 1 is 1.03 bits per heavy atom. The van der Waals surface area contributed by atoms with E-state index < -0.39 is 9.84 Å². The van der Waals surface area contributed by atoms with Gasteiger partial charge in [0.25, 0.3) is 0 Å². The smallest absolute Gasteiger partial charge is 0.246 e. The molecule has 4 rings (SSSR count). The summed E-state index contributed by atoms with van der Waals surface area (Å²) in [5, 5.41) is 0.886. The average molecular weight is 425 g/mol. The van der Waals surface area contributed by atoms with Crippen molar-refractivity contribution in [2.45, 2.75) is 44.3 Å². The quantitative estimate of drug-likeness (QED) is 0.341. The standard InChI is InChI=1S/C21H24N6O2S/c1-2-8-17-26-18-19(15-9-3-4-10-16(15)25-20(18)22)27(17)13-5-6-14-30(28,29)21-23-11-7-12-24-21/h3-4,7,9-12H,2,5-6,8,13-14H2,1H3,(H2,22,25). The topological polar surface area (TPSA) is 117 Å². The first-order chi connectivity index (χ1) is 14.5. The zero-order valence-corrected chi connectivity index (χ0v) is 17.6. The van der Waals surface area contributed by atoms with Crippen LogP contribution in [-0.4, -0.2) is 38.7 Å². The number of anilines is 1. The Labute approximate surface area is 175 Å². The third-order valence-corrected chi connectivity index (χ3v) is 6.62. The summed E-state index contributed by atoms with van der Waals surface area (Å²) in [6.07, 6.45) is 5.85. The molecule has 1 aromatic carbocycles. The molecule has 2 N–H and O–H groups in total. The molecular weight excluding hydrogens is 400 g/mol. The van der Waals surface area contributed by atoms with Gasteiger partial charge in [-0.25, -0.2) is 28.4 Å². The maximum absolute atomic E-state index is 12.4. The lowest BCUT2D eigenvalue weighted by Crippen LogP contribution is -2.12. The van der Waals surface area contributed by atoms with Crippen LogP contribution in [0.3, 0.4) is 0 Å². The summed E-state index contributed by atoms with van der Waals surface area (Å²) in [7, 11) is -3.48. The number of sulfone groups is 1. The summed E-state index contributed by atoms with van der Waals surface area (Å²) in [5.41, 5.74) is 8.70. The van der Waals surface area contributed by atoms with Gasteiger partial charge in [0.2, 0.25) is 15.0 Å². The zero-order valence-electron chi connectivity index (χ0n) is 16.8. The lowest BCUT2D eigenvalue weighted by Gasteiger charge is -2.11. The lowest BCUT2D eigenvalue weighted by molar-refractivity contribution is 0.573. The third-order valence-electron chi connectivity index (χ3n) is 5.03. The van der Waals surface area contributed by atoms with Gasteiger partial charge in [-0.2, -0.15) is 0 Å². The average Bonchev–Trinajstić information content (AvgIpc) is 3.11. The Balaban J connectivity index is 1.61. The van der Waals surface area contributed by atoms with Crippen molar-refractivity contribution >= 4 is 37.6 Å². The van der Waals surface area contributed by atoms with E-state index >= 15 is 0 Å². The van der Waals surface area contributed by atoms with E-state index in [-0.39, 0.29) is 10.9 Å². The molecule has 0 aliphatic carbocycles. The minimum absolute atomic E-state index is 0.0111. The van der Waals surface area contributed by atoms with E-state index in [0.29, 0.717) is 30.7 Å². The molecule has 9 heteroatoms. The Morgan fingerprint density at radius 2 is 1.80 bits per heavy atom. The van der Waals surface area contributed by atoms with Crippen molar-refractivity contribution in [3.8, 4) is 0 Å². The van der Waals surface area contributed by atoms with Crippen LogP contribution in [0.4, 0.5) is 5.82 Å². The molecule has 8 nitrogen and oxygen atoms in total. The van der Waals surface area contributed by atoms with Crippen LogP contribution in [0, 0.1) is 0 Å². The van der Waals surface area contributed by atoms with E-state index in [1.807, 2.05) is 24.3 Å². The highest BCUT2D eigenvalue weighted by atomic mass is 32.2. The first kappa shape index (κ1) is 20.2. The van der Waals surface area contributed by atoms with Crippen molar-refractivity contribution in [1.82, 2.24) is 24.5 Å². The van der Waals surface area contributed by atoms with Gasteiger partial charge in [0, 0.05) is 30.7 Å². The number of aryl methyl sites for hydroxylation is 2. The van der Waals surface area contributed by atoms with Crippen molar-refractivity contribution in [3.05, 3.63) is 48.5 Å². The van der Waals surface area contributed by atoms with Crippen molar-refractivity contribution in [1.29, 1.82) is 0 Å². The largest absolute Gasteiger partial charge is 0.382 e. The molecule has 0 saturated carbocycles. The van der Waals surface area contributed by atoms with E-state index in [1.165, 1.54) is 12.4 Å². The fourth-order valence-corrected chi connectivity index (χ4v) is 4.87. The number of imidazole rings is 1. The maximum Gasteiger partial charge on any atom is 0.246 e. The van der Waals surface area contributed by atoms with Gasteiger partial charge < -0.3 is 10.3 Å².